The molecule has 56 heavy (non-hydrogen) atoms. The molecule has 0 amide bonds. The molecule has 0 saturated heterocycles. The largest absolute Gasteiger partial charge is 0.457 e. The molecular formula is C52H35N3O. The van der Waals surface area contributed by atoms with Crippen LogP contribution in [0, 0.1) is 0 Å². The number of aliphatic imine (C=N–C) groups is 2. The zero-order valence-electron chi connectivity index (χ0n) is 30.4. The van der Waals surface area contributed by atoms with Crippen molar-refractivity contribution in [1.29, 1.82) is 0 Å². The topological polar surface area (TPSA) is 46.0 Å². The van der Waals surface area contributed by atoms with Gasteiger partial charge in [0.05, 0.1) is 5.41 Å². The van der Waals surface area contributed by atoms with Gasteiger partial charge in [0.25, 0.3) is 0 Å². The Morgan fingerprint density at radius 2 is 0.839 bits per heavy atom. The van der Waals surface area contributed by atoms with Crippen LogP contribution >= 0.6 is 0 Å². The van der Waals surface area contributed by atoms with Gasteiger partial charge in [0.2, 0.25) is 0 Å². The van der Waals surface area contributed by atoms with Crippen LogP contribution in [0.1, 0.15) is 45.1 Å². The van der Waals surface area contributed by atoms with E-state index in [1.165, 1.54) is 27.8 Å². The molecule has 0 aromatic heterocycles. The van der Waals surface area contributed by atoms with Crippen molar-refractivity contribution in [3.63, 3.8) is 0 Å². The first-order chi connectivity index (χ1) is 27.8. The highest BCUT2D eigenvalue weighted by Gasteiger charge is 2.50. The molecule has 8 aromatic rings. The minimum absolute atomic E-state index is 0.341. The Kier molecular flexibility index (Phi) is 7.42. The molecule has 1 N–H and O–H groups in total. The second-order valence-electron chi connectivity index (χ2n) is 14.5. The van der Waals surface area contributed by atoms with Gasteiger partial charge in [0, 0.05) is 22.3 Å². The van der Waals surface area contributed by atoms with E-state index in [4.69, 9.17) is 14.7 Å². The number of hydrogen-bond acceptors (Lipinski definition) is 4. The Hall–Kier alpha value is -7.30. The summed E-state index contributed by atoms with van der Waals surface area (Å²) >= 11 is 0. The maximum absolute atomic E-state index is 6.84. The highest BCUT2D eigenvalue weighted by Crippen LogP contribution is 2.62. The van der Waals surface area contributed by atoms with E-state index in [9.17, 15) is 0 Å². The summed E-state index contributed by atoms with van der Waals surface area (Å²) in [5, 5.41) is 3.54. The Balaban J connectivity index is 0.982. The van der Waals surface area contributed by atoms with E-state index in [1.807, 2.05) is 36.4 Å². The molecule has 264 valence electrons. The molecule has 1 aliphatic carbocycles. The zero-order chi connectivity index (χ0) is 37.1. The van der Waals surface area contributed by atoms with E-state index < -0.39 is 5.41 Å². The maximum Gasteiger partial charge on any atom is 0.169 e. The summed E-state index contributed by atoms with van der Waals surface area (Å²) in [4.78, 5) is 10.1. The number of ether oxygens (including phenoxy) is 1. The normalized spacial score (nSPS) is 15.6. The van der Waals surface area contributed by atoms with Crippen LogP contribution in [-0.4, -0.2) is 11.7 Å². The summed E-state index contributed by atoms with van der Waals surface area (Å²) in [7, 11) is 0. The first kappa shape index (κ1) is 32.2. The molecule has 1 unspecified atom stereocenters. The highest BCUT2D eigenvalue weighted by molar-refractivity contribution is 6.16. The van der Waals surface area contributed by atoms with Gasteiger partial charge in [0.15, 0.2) is 6.17 Å². The summed E-state index contributed by atoms with van der Waals surface area (Å²) < 4.78 is 6.84. The standard InChI is InChI=1S/C52H35N3O/c1-3-15-35(16-4-1)49-53-50(36-17-5-2-6-18-36)55-51(54-49)37-29-27-34(28-30-37)39-19-7-8-20-40(39)38-31-32-46-48(33-38)56-47-26-14-13-25-45(47)52(46)43-23-11-9-21-41(43)42-22-10-12-24-44(42)52/h1-33,49H,(H,53,54,55). The van der Waals surface area contributed by atoms with E-state index >= 15 is 0 Å². The molecule has 2 aliphatic heterocycles. The molecule has 4 nitrogen and oxygen atoms in total. The fourth-order valence-corrected chi connectivity index (χ4v) is 8.94. The number of benzene rings is 8. The van der Waals surface area contributed by atoms with Crippen molar-refractivity contribution < 1.29 is 4.74 Å². The molecule has 8 aromatic carbocycles. The monoisotopic (exact) mass is 717 g/mol. The SMILES string of the molecule is c1ccc(C2=NC(c3ccccc3)N=C(c3ccc(-c4ccccc4-c4ccc5c(c4)Oc4ccccc4C54c5ccccc5-c5ccccc54)cc3)N2)cc1. The number of fused-ring (bicyclic) bond motifs is 9. The van der Waals surface area contributed by atoms with Crippen molar-refractivity contribution in [1.82, 2.24) is 5.32 Å². The van der Waals surface area contributed by atoms with Gasteiger partial charge in [-0.1, -0.05) is 188 Å². The van der Waals surface area contributed by atoms with Crippen LogP contribution in [0.15, 0.2) is 210 Å². The minimum Gasteiger partial charge on any atom is -0.457 e. The van der Waals surface area contributed by atoms with Gasteiger partial charge in [-0.3, -0.25) is 0 Å². The van der Waals surface area contributed by atoms with E-state index in [0.29, 0.717) is 0 Å². The number of para-hydroxylation sites is 1. The third-order valence-corrected chi connectivity index (χ3v) is 11.4. The maximum atomic E-state index is 6.84. The van der Waals surface area contributed by atoms with Crippen LogP contribution in [0.4, 0.5) is 0 Å². The van der Waals surface area contributed by atoms with Gasteiger partial charge in [-0.15, -0.1) is 0 Å². The number of hydrogen-bond donors (Lipinski definition) is 1. The summed E-state index contributed by atoms with van der Waals surface area (Å²) in [6.45, 7) is 0. The third-order valence-electron chi connectivity index (χ3n) is 11.4. The molecule has 0 bridgehead atoms. The Morgan fingerprint density at radius 1 is 0.375 bits per heavy atom. The van der Waals surface area contributed by atoms with Crippen molar-refractivity contribution in [2.45, 2.75) is 11.6 Å². The average molecular weight is 718 g/mol. The van der Waals surface area contributed by atoms with Crippen molar-refractivity contribution in [2.75, 3.05) is 0 Å². The Labute approximate surface area is 326 Å². The molecule has 4 heteroatoms. The summed E-state index contributed by atoms with van der Waals surface area (Å²) in [5.74, 6) is 3.37. The first-order valence-corrected chi connectivity index (χ1v) is 19.1. The second-order valence-corrected chi connectivity index (χ2v) is 14.5. The fourth-order valence-electron chi connectivity index (χ4n) is 8.94. The van der Waals surface area contributed by atoms with Gasteiger partial charge in [-0.2, -0.15) is 0 Å². The molecule has 1 spiro atoms. The van der Waals surface area contributed by atoms with E-state index in [2.05, 4.69) is 169 Å². The smallest absolute Gasteiger partial charge is 0.169 e. The van der Waals surface area contributed by atoms with E-state index in [0.717, 1.165) is 67.7 Å². The van der Waals surface area contributed by atoms with Gasteiger partial charge in [-0.25, -0.2) is 9.98 Å². The quantitative estimate of drug-likeness (QED) is 0.193. The molecule has 2 heterocycles. The van der Waals surface area contributed by atoms with Gasteiger partial charge in [0.1, 0.15) is 23.2 Å². The fraction of sp³-hybridized carbons (Fsp3) is 0.0385. The lowest BCUT2D eigenvalue weighted by molar-refractivity contribution is 0.436. The summed E-state index contributed by atoms with van der Waals surface area (Å²) in [5.41, 5.74) is 14.6. The van der Waals surface area contributed by atoms with Crippen molar-refractivity contribution in [2.24, 2.45) is 9.98 Å². The van der Waals surface area contributed by atoms with Crippen LogP contribution in [0.2, 0.25) is 0 Å². The molecule has 3 aliphatic rings. The molecular weight excluding hydrogens is 683 g/mol. The Morgan fingerprint density at radius 3 is 1.50 bits per heavy atom. The molecule has 1 atom stereocenters. The van der Waals surface area contributed by atoms with Crippen LogP contribution < -0.4 is 10.1 Å². The minimum atomic E-state index is -0.480. The van der Waals surface area contributed by atoms with Crippen LogP contribution in [0.5, 0.6) is 11.5 Å². The summed E-state index contributed by atoms with van der Waals surface area (Å²) in [6, 6.07) is 70.8. The number of amidine groups is 2. The van der Waals surface area contributed by atoms with Crippen molar-refractivity contribution in [3.8, 4) is 44.9 Å². The zero-order valence-corrected chi connectivity index (χ0v) is 30.4. The van der Waals surface area contributed by atoms with Crippen molar-refractivity contribution in [3.05, 3.63) is 239 Å². The van der Waals surface area contributed by atoms with E-state index in [-0.39, 0.29) is 6.17 Å². The number of rotatable bonds is 5. The molecule has 0 fully saturated rings. The lowest BCUT2D eigenvalue weighted by Crippen LogP contribution is -2.36. The molecule has 0 radical (unpaired) electrons. The van der Waals surface area contributed by atoms with Gasteiger partial charge < -0.3 is 10.1 Å². The van der Waals surface area contributed by atoms with E-state index in [1.54, 1.807) is 0 Å². The second kappa shape index (κ2) is 12.9. The lowest BCUT2D eigenvalue weighted by Gasteiger charge is -2.39. The van der Waals surface area contributed by atoms with Gasteiger partial charge in [-0.05, 0) is 62.2 Å². The highest BCUT2D eigenvalue weighted by atomic mass is 16.5. The van der Waals surface area contributed by atoms with Gasteiger partial charge >= 0.3 is 0 Å². The average Bonchev–Trinajstić information content (AvgIpc) is 3.57. The van der Waals surface area contributed by atoms with Crippen LogP contribution in [0.25, 0.3) is 33.4 Å². The first-order valence-electron chi connectivity index (χ1n) is 19.1. The lowest BCUT2D eigenvalue weighted by atomic mass is 9.66. The molecule has 11 rings (SSSR count). The predicted molar refractivity (Wildman–Crippen MR) is 227 cm³/mol. The third kappa shape index (κ3) is 5.00. The van der Waals surface area contributed by atoms with Crippen LogP contribution in [-0.2, 0) is 5.41 Å². The summed E-state index contributed by atoms with van der Waals surface area (Å²) in [6.07, 6.45) is -0.341. The van der Waals surface area contributed by atoms with Crippen molar-refractivity contribution >= 4 is 11.7 Å². The number of nitrogens with zero attached hydrogens (tertiary/aromatic N) is 2. The van der Waals surface area contributed by atoms with Crippen LogP contribution in [0.3, 0.4) is 0 Å². The predicted octanol–water partition coefficient (Wildman–Crippen LogP) is 12.0. The Bertz CT molecular complexity index is 2810. The molecule has 0 saturated carbocycles. The number of nitrogens with one attached hydrogen (secondary N) is 1.